The van der Waals surface area contributed by atoms with Gasteiger partial charge in [-0.3, -0.25) is 0 Å². The zero-order chi connectivity index (χ0) is 34.9. The van der Waals surface area contributed by atoms with Gasteiger partial charge in [0.1, 0.15) is 23.3 Å². The summed E-state index contributed by atoms with van der Waals surface area (Å²) in [5, 5.41) is 12.3. The van der Waals surface area contributed by atoms with Crippen molar-refractivity contribution in [1.82, 2.24) is 5.32 Å². The summed E-state index contributed by atoms with van der Waals surface area (Å²) in [4.78, 5) is 10.3. The van der Waals surface area contributed by atoms with Gasteiger partial charge in [0.05, 0.1) is 0 Å². The van der Waals surface area contributed by atoms with Crippen LogP contribution < -0.4 is 5.32 Å². The first-order chi connectivity index (χ1) is 26.2. The summed E-state index contributed by atoms with van der Waals surface area (Å²) in [6, 6.07) is 51.8. The Bertz CT molecular complexity index is 3070. The van der Waals surface area contributed by atoms with Gasteiger partial charge >= 0.3 is 0 Å². The standard InChI is InChI=1S/C48H31N3OS/c1-2-10-32(11-3-1)47-49-45(50-48(51-47)34-21-20-31-19-18-30-9-4-5-12-35(30)39(31)27-34)26-29-17-24-41-40(25-29)46-36(14-8-15-42(46)52-41)33-22-23-38-37-13-6-7-16-43(37)53-44(38)28-33/h1-24,26-28,47H,25H2,(H,49,50,51)/b29-26+. The number of furan rings is 1. The molecule has 0 bridgehead atoms. The number of allylic oxidation sites excluding steroid dienone is 2. The molecule has 0 spiro atoms. The van der Waals surface area contributed by atoms with E-state index in [9.17, 15) is 0 Å². The third-order valence-electron chi connectivity index (χ3n) is 10.6. The quantitative estimate of drug-likeness (QED) is 0.186. The van der Waals surface area contributed by atoms with Crippen LogP contribution in [-0.2, 0) is 6.42 Å². The first-order valence-electron chi connectivity index (χ1n) is 18.0. The zero-order valence-electron chi connectivity index (χ0n) is 28.6. The van der Waals surface area contributed by atoms with Gasteiger partial charge < -0.3 is 9.73 Å². The summed E-state index contributed by atoms with van der Waals surface area (Å²) in [6.45, 7) is 0. The number of thiophene rings is 1. The number of aliphatic imine (C=N–C) groups is 2. The van der Waals surface area contributed by atoms with Gasteiger partial charge in [-0.2, -0.15) is 0 Å². The minimum absolute atomic E-state index is 0.271. The maximum absolute atomic E-state index is 6.47. The van der Waals surface area contributed by atoms with Crippen LogP contribution in [0.3, 0.4) is 0 Å². The van der Waals surface area contributed by atoms with E-state index in [1.165, 1.54) is 63.8 Å². The van der Waals surface area contributed by atoms with Crippen LogP contribution in [0.4, 0.5) is 0 Å². The molecule has 0 saturated carbocycles. The Labute approximate surface area is 309 Å². The molecule has 3 heterocycles. The lowest BCUT2D eigenvalue weighted by atomic mass is 9.92. The molecule has 0 fully saturated rings. The molecule has 2 aliphatic rings. The molecule has 53 heavy (non-hydrogen) atoms. The van der Waals surface area contributed by atoms with Gasteiger partial charge in [0.15, 0.2) is 5.84 Å². The SMILES string of the molecule is C1=Cc2oc3cccc(-c4ccc5c(c4)sc4ccccc45)c3c2C/C1=C/C1=NC(c2ccc3ccc4ccccc4c3c2)=NC(c2ccccc2)N1. The van der Waals surface area contributed by atoms with Crippen LogP contribution in [0.15, 0.2) is 178 Å². The maximum atomic E-state index is 6.47. The van der Waals surface area contributed by atoms with Crippen molar-refractivity contribution in [3.05, 3.63) is 186 Å². The Morgan fingerprint density at radius 2 is 1.42 bits per heavy atom. The number of rotatable bonds is 4. The number of amidine groups is 2. The van der Waals surface area contributed by atoms with Gasteiger partial charge in [0, 0.05) is 43.1 Å². The molecule has 1 N–H and O–H groups in total. The average molecular weight is 698 g/mol. The van der Waals surface area contributed by atoms with E-state index in [4.69, 9.17) is 14.4 Å². The van der Waals surface area contributed by atoms with Crippen molar-refractivity contribution in [2.45, 2.75) is 12.6 Å². The lowest BCUT2D eigenvalue weighted by Gasteiger charge is -2.23. The Kier molecular flexibility index (Phi) is 6.82. The van der Waals surface area contributed by atoms with Crippen molar-refractivity contribution >= 4 is 81.8 Å². The molecule has 2 aromatic heterocycles. The summed E-state index contributed by atoms with van der Waals surface area (Å²) in [6.07, 6.45) is 6.89. The van der Waals surface area contributed by atoms with Crippen molar-refractivity contribution in [1.29, 1.82) is 0 Å². The predicted molar refractivity (Wildman–Crippen MR) is 223 cm³/mol. The highest BCUT2D eigenvalue weighted by atomic mass is 32.1. The Morgan fingerprint density at radius 1 is 0.642 bits per heavy atom. The minimum atomic E-state index is -0.271. The van der Waals surface area contributed by atoms with E-state index in [-0.39, 0.29) is 6.17 Å². The minimum Gasteiger partial charge on any atom is -0.456 e. The van der Waals surface area contributed by atoms with Gasteiger partial charge in [-0.05, 0) is 80.2 Å². The monoisotopic (exact) mass is 697 g/mol. The number of hydrogen-bond donors (Lipinski definition) is 1. The topological polar surface area (TPSA) is 49.9 Å². The fourth-order valence-electron chi connectivity index (χ4n) is 8.01. The van der Waals surface area contributed by atoms with Crippen LogP contribution in [0.25, 0.3) is 69.9 Å². The van der Waals surface area contributed by atoms with E-state index in [2.05, 4.69) is 163 Å². The summed E-state index contributed by atoms with van der Waals surface area (Å²) >= 11 is 1.85. The number of hydrogen-bond acceptors (Lipinski definition) is 5. The predicted octanol–water partition coefficient (Wildman–Crippen LogP) is 12.4. The van der Waals surface area contributed by atoms with E-state index in [0.717, 1.165) is 40.3 Å². The van der Waals surface area contributed by atoms with Crippen LogP contribution >= 0.6 is 11.3 Å². The van der Waals surface area contributed by atoms with Crippen molar-refractivity contribution in [3.63, 3.8) is 0 Å². The second-order valence-corrected chi connectivity index (χ2v) is 14.9. The maximum Gasteiger partial charge on any atom is 0.159 e. The molecule has 1 atom stereocenters. The van der Waals surface area contributed by atoms with Crippen molar-refractivity contribution < 1.29 is 4.42 Å². The molecule has 4 nitrogen and oxygen atoms in total. The smallest absolute Gasteiger partial charge is 0.159 e. The summed E-state index contributed by atoms with van der Waals surface area (Å²) in [7, 11) is 0. The highest BCUT2D eigenvalue weighted by molar-refractivity contribution is 7.25. The highest BCUT2D eigenvalue weighted by Crippen LogP contribution is 2.41. The van der Waals surface area contributed by atoms with Crippen molar-refractivity contribution in [2.24, 2.45) is 9.98 Å². The fourth-order valence-corrected chi connectivity index (χ4v) is 9.16. The third-order valence-corrected chi connectivity index (χ3v) is 11.7. The Hall–Kier alpha value is -6.56. The number of nitrogens with one attached hydrogen (secondary N) is 1. The molecule has 9 aromatic rings. The molecule has 250 valence electrons. The first-order valence-corrected chi connectivity index (χ1v) is 18.8. The molecular weight excluding hydrogens is 667 g/mol. The van der Waals surface area contributed by atoms with Crippen LogP contribution in [-0.4, -0.2) is 11.7 Å². The van der Waals surface area contributed by atoms with Crippen LogP contribution in [0.2, 0.25) is 0 Å². The highest BCUT2D eigenvalue weighted by Gasteiger charge is 2.23. The molecule has 1 aliphatic heterocycles. The van der Waals surface area contributed by atoms with E-state index in [1.54, 1.807) is 0 Å². The molecule has 0 radical (unpaired) electrons. The largest absolute Gasteiger partial charge is 0.456 e. The Balaban J connectivity index is 0.991. The van der Waals surface area contributed by atoms with Crippen LogP contribution in [0.5, 0.6) is 0 Å². The molecule has 0 saturated heterocycles. The third kappa shape index (κ3) is 5.12. The lowest BCUT2D eigenvalue weighted by molar-refractivity contribution is 0.598. The van der Waals surface area contributed by atoms with E-state index in [1.807, 2.05) is 17.4 Å². The Morgan fingerprint density at radius 3 is 2.34 bits per heavy atom. The van der Waals surface area contributed by atoms with Gasteiger partial charge in [-0.1, -0.05) is 127 Å². The van der Waals surface area contributed by atoms with Gasteiger partial charge in [0.25, 0.3) is 0 Å². The zero-order valence-corrected chi connectivity index (χ0v) is 29.4. The number of fused-ring (bicyclic) bond motifs is 9. The second-order valence-electron chi connectivity index (χ2n) is 13.8. The van der Waals surface area contributed by atoms with Crippen molar-refractivity contribution in [2.75, 3.05) is 0 Å². The molecule has 11 rings (SSSR count). The van der Waals surface area contributed by atoms with Gasteiger partial charge in [-0.15, -0.1) is 11.3 Å². The molecular formula is C48H31N3OS. The van der Waals surface area contributed by atoms with Crippen molar-refractivity contribution in [3.8, 4) is 11.1 Å². The summed E-state index contributed by atoms with van der Waals surface area (Å²) in [5.41, 5.74) is 7.74. The van der Waals surface area contributed by atoms with Crippen LogP contribution in [0, 0.1) is 0 Å². The molecule has 1 aliphatic carbocycles. The summed E-state index contributed by atoms with van der Waals surface area (Å²) < 4.78 is 9.08. The summed E-state index contributed by atoms with van der Waals surface area (Å²) in [5.74, 6) is 2.42. The normalized spacial score (nSPS) is 16.4. The molecule has 7 aromatic carbocycles. The lowest BCUT2D eigenvalue weighted by Crippen LogP contribution is -2.32. The first kappa shape index (κ1) is 30.1. The number of benzene rings is 7. The van der Waals surface area contributed by atoms with Crippen LogP contribution in [0.1, 0.15) is 28.6 Å². The number of nitrogens with zero attached hydrogens (tertiary/aromatic N) is 2. The second kappa shape index (κ2) is 12.0. The molecule has 0 amide bonds. The average Bonchev–Trinajstić information content (AvgIpc) is 3.78. The fraction of sp³-hybridized carbons (Fsp3) is 0.0417. The van der Waals surface area contributed by atoms with E-state index in [0.29, 0.717) is 5.84 Å². The van der Waals surface area contributed by atoms with Gasteiger partial charge in [-0.25, -0.2) is 9.98 Å². The van der Waals surface area contributed by atoms with E-state index < -0.39 is 0 Å². The van der Waals surface area contributed by atoms with Gasteiger partial charge in [0.2, 0.25) is 0 Å². The van der Waals surface area contributed by atoms with E-state index >= 15 is 0 Å². The molecule has 1 unspecified atom stereocenters. The molecule has 5 heteroatoms.